The lowest BCUT2D eigenvalue weighted by atomic mass is 10.0. The van der Waals surface area contributed by atoms with E-state index in [1.165, 1.54) is 0 Å². The molecule has 0 aromatic heterocycles. The van der Waals surface area contributed by atoms with Crippen molar-refractivity contribution in [3.8, 4) is 0 Å². The molecule has 0 unspecified atom stereocenters. The Hall–Kier alpha value is -2.00. The molecule has 0 saturated carbocycles. The summed E-state index contributed by atoms with van der Waals surface area (Å²) in [4.78, 5) is 50.7. The molecule has 0 fully saturated rings. The summed E-state index contributed by atoms with van der Waals surface area (Å²) in [6.45, 7) is 5.38. The molecule has 0 radical (unpaired) electrons. The Kier molecular flexibility index (Phi) is 20.3. The van der Waals surface area contributed by atoms with Gasteiger partial charge in [0, 0.05) is 25.8 Å². The summed E-state index contributed by atoms with van der Waals surface area (Å²) >= 11 is 0. The number of nitrogens with one attached hydrogen (secondary N) is 1. The van der Waals surface area contributed by atoms with Crippen molar-refractivity contribution in [3.63, 3.8) is 0 Å². The molecule has 34 heavy (non-hydrogen) atoms. The van der Waals surface area contributed by atoms with Gasteiger partial charge < -0.3 is 26.3 Å². The second-order valence-electron chi connectivity index (χ2n) is 8.59. The highest BCUT2D eigenvalue weighted by atomic mass is 16.6. The molecule has 0 saturated heterocycles. The molecular formula is C25H47N3O6. The van der Waals surface area contributed by atoms with Crippen molar-refractivity contribution >= 4 is 23.6 Å². The lowest BCUT2D eigenvalue weighted by molar-refractivity contribution is -0.176. The molecule has 198 valence electrons. The molecule has 0 aromatic rings. The van der Waals surface area contributed by atoms with Gasteiger partial charge in [0.05, 0.1) is 0 Å². The van der Waals surface area contributed by atoms with Crippen LogP contribution in [0.1, 0.15) is 104 Å². The number of carbonyl (C=O) groups is 4. The van der Waals surface area contributed by atoms with Crippen LogP contribution in [0, 0.1) is 0 Å². The molecule has 0 aromatic carbocycles. The Labute approximate surface area is 205 Å². The van der Waals surface area contributed by atoms with Crippen LogP contribution < -0.4 is 16.8 Å². The Morgan fingerprint density at radius 1 is 0.647 bits per heavy atom. The first-order chi connectivity index (χ1) is 16.4. The van der Waals surface area contributed by atoms with Crippen LogP contribution in [0.4, 0.5) is 0 Å². The van der Waals surface area contributed by atoms with E-state index in [4.69, 9.17) is 20.9 Å². The molecule has 0 aliphatic carbocycles. The van der Waals surface area contributed by atoms with Crippen LogP contribution in [0.2, 0.25) is 0 Å². The summed E-state index contributed by atoms with van der Waals surface area (Å²) in [5, 5.41) is 2.67. The van der Waals surface area contributed by atoms with Crippen molar-refractivity contribution in [3.05, 3.63) is 0 Å². The number of hydrogen-bond donors (Lipinski definition) is 3. The zero-order valence-electron chi connectivity index (χ0n) is 21.3. The van der Waals surface area contributed by atoms with E-state index in [0.717, 1.165) is 44.9 Å². The number of Topliss-reactive ketones (excluding diaryl/α,β-unsaturated/α-hetero) is 1. The highest BCUT2D eigenvalue weighted by Gasteiger charge is 2.39. The predicted molar refractivity (Wildman–Crippen MR) is 132 cm³/mol. The SMILES string of the molecule is CCCCC(=O)[C@H](OC(=O)CCCCCCN)[C@@H](OC(=O)CCCCCCN)C(=O)NCCC. The van der Waals surface area contributed by atoms with Crippen molar-refractivity contribution in [2.75, 3.05) is 19.6 Å². The van der Waals surface area contributed by atoms with Gasteiger partial charge in [-0.25, -0.2) is 0 Å². The topological polar surface area (TPSA) is 151 Å². The van der Waals surface area contributed by atoms with Gasteiger partial charge in [-0.1, -0.05) is 46.0 Å². The maximum absolute atomic E-state index is 12.9. The predicted octanol–water partition coefficient (Wildman–Crippen LogP) is 2.91. The summed E-state index contributed by atoms with van der Waals surface area (Å²) in [6.07, 6.45) is 5.89. The first-order valence-corrected chi connectivity index (χ1v) is 13.0. The number of amides is 1. The summed E-state index contributed by atoms with van der Waals surface area (Å²) in [6, 6.07) is 0. The number of hydrogen-bond acceptors (Lipinski definition) is 8. The highest BCUT2D eigenvalue weighted by molar-refractivity contribution is 5.94. The van der Waals surface area contributed by atoms with Crippen LogP contribution >= 0.6 is 0 Å². The second-order valence-corrected chi connectivity index (χ2v) is 8.59. The number of carbonyl (C=O) groups excluding carboxylic acids is 4. The van der Waals surface area contributed by atoms with E-state index in [1.807, 2.05) is 13.8 Å². The third kappa shape index (κ3) is 15.8. The van der Waals surface area contributed by atoms with Crippen LogP contribution in [-0.2, 0) is 28.7 Å². The third-order valence-electron chi connectivity index (χ3n) is 5.36. The third-order valence-corrected chi connectivity index (χ3v) is 5.36. The zero-order valence-corrected chi connectivity index (χ0v) is 21.3. The van der Waals surface area contributed by atoms with E-state index in [1.54, 1.807) is 0 Å². The van der Waals surface area contributed by atoms with Crippen molar-refractivity contribution in [1.29, 1.82) is 0 Å². The molecule has 9 nitrogen and oxygen atoms in total. The first kappa shape index (κ1) is 32.0. The van der Waals surface area contributed by atoms with Gasteiger partial charge >= 0.3 is 11.9 Å². The van der Waals surface area contributed by atoms with Gasteiger partial charge in [0.1, 0.15) is 0 Å². The highest BCUT2D eigenvalue weighted by Crippen LogP contribution is 2.15. The Balaban J connectivity index is 5.30. The monoisotopic (exact) mass is 485 g/mol. The largest absolute Gasteiger partial charge is 0.450 e. The average molecular weight is 486 g/mol. The van der Waals surface area contributed by atoms with Crippen molar-refractivity contribution in [2.24, 2.45) is 11.5 Å². The number of ether oxygens (including phenoxy) is 2. The van der Waals surface area contributed by atoms with E-state index in [-0.39, 0.29) is 19.3 Å². The van der Waals surface area contributed by atoms with Crippen LogP contribution in [0.25, 0.3) is 0 Å². The van der Waals surface area contributed by atoms with Crippen molar-refractivity contribution < 1.29 is 28.7 Å². The van der Waals surface area contributed by atoms with Crippen LogP contribution in [0.15, 0.2) is 0 Å². The summed E-state index contributed by atoms with van der Waals surface area (Å²) in [5.41, 5.74) is 11.0. The quantitative estimate of drug-likeness (QED) is 0.156. The fraction of sp³-hybridized carbons (Fsp3) is 0.840. The Morgan fingerprint density at radius 2 is 1.15 bits per heavy atom. The Bertz CT molecular complexity index is 535. The van der Waals surface area contributed by atoms with E-state index >= 15 is 0 Å². The van der Waals surface area contributed by atoms with Gasteiger partial charge in [0.25, 0.3) is 5.91 Å². The number of rotatable bonds is 22. The molecule has 0 aliphatic rings. The number of ketones is 1. The normalized spacial score (nSPS) is 12.6. The summed E-state index contributed by atoms with van der Waals surface area (Å²) in [7, 11) is 0. The van der Waals surface area contributed by atoms with Crippen molar-refractivity contribution in [1.82, 2.24) is 5.32 Å². The van der Waals surface area contributed by atoms with Gasteiger partial charge in [-0.2, -0.15) is 0 Å². The van der Waals surface area contributed by atoms with Crippen LogP contribution in [0.5, 0.6) is 0 Å². The molecule has 5 N–H and O–H groups in total. The molecule has 9 heteroatoms. The minimum Gasteiger partial charge on any atom is -0.450 e. The smallest absolute Gasteiger partial charge is 0.306 e. The molecule has 0 heterocycles. The number of esters is 2. The lowest BCUT2D eigenvalue weighted by Crippen LogP contribution is -2.50. The van der Waals surface area contributed by atoms with E-state index in [0.29, 0.717) is 45.3 Å². The van der Waals surface area contributed by atoms with E-state index in [2.05, 4.69) is 5.32 Å². The van der Waals surface area contributed by atoms with Gasteiger partial charge in [-0.3, -0.25) is 19.2 Å². The van der Waals surface area contributed by atoms with E-state index in [9.17, 15) is 19.2 Å². The second kappa shape index (κ2) is 21.5. The van der Waals surface area contributed by atoms with Gasteiger partial charge in [0.15, 0.2) is 5.78 Å². The summed E-state index contributed by atoms with van der Waals surface area (Å²) < 4.78 is 10.9. The minimum absolute atomic E-state index is 0.118. The first-order valence-electron chi connectivity index (χ1n) is 13.0. The van der Waals surface area contributed by atoms with Crippen molar-refractivity contribution in [2.45, 2.75) is 116 Å². The fourth-order valence-corrected chi connectivity index (χ4v) is 3.33. The van der Waals surface area contributed by atoms with Gasteiger partial charge in [0.2, 0.25) is 12.2 Å². The molecule has 1 amide bonds. The number of nitrogens with two attached hydrogens (primary N) is 2. The Morgan fingerprint density at radius 3 is 1.62 bits per heavy atom. The number of unbranched alkanes of at least 4 members (excludes halogenated alkanes) is 7. The van der Waals surface area contributed by atoms with Gasteiger partial charge in [-0.15, -0.1) is 0 Å². The zero-order chi connectivity index (χ0) is 25.6. The van der Waals surface area contributed by atoms with Crippen LogP contribution in [-0.4, -0.2) is 55.5 Å². The fourth-order valence-electron chi connectivity index (χ4n) is 3.33. The molecule has 0 bridgehead atoms. The summed E-state index contributed by atoms with van der Waals surface area (Å²) in [5.74, 6) is -2.20. The van der Waals surface area contributed by atoms with E-state index < -0.39 is 35.8 Å². The molecular weight excluding hydrogens is 438 g/mol. The van der Waals surface area contributed by atoms with Gasteiger partial charge in [-0.05, 0) is 51.6 Å². The maximum atomic E-state index is 12.9. The lowest BCUT2D eigenvalue weighted by Gasteiger charge is -2.25. The maximum Gasteiger partial charge on any atom is 0.306 e. The molecule has 0 rings (SSSR count). The molecule has 2 atom stereocenters. The van der Waals surface area contributed by atoms with Crippen LogP contribution in [0.3, 0.4) is 0 Å². The average Bonchev–Trinajstić information content (AvgIpc) is 2.82. The molecule has 0 aliphatic heterocycles. The minimum atomic E-state index is -1.49. The molecule has 0 spiro atoms. The standard InChI is InChI=1S/C25H47N3O6/c1-3-5-14-20(29)23(33-21(30)15-10-6-8-12-17-26)24(25(32)28-19-4-2)34-22(31)16-11-7-9-13-18-27/h23-24H,3-19,26-27H2,1-2H3,(H,28,32)/t23-,24+/m0/s1.